The zero-order valence-electron chi connectivity index (χ0n) is 6.20. The van der Waals surface area contributed by atoms with Gasteiger partial charge < -0.3 is 24.7 Å². The third-order valence-corrected chi connectivity index (χ3v) is 2.84. The maximum atomic E-state index is 10.6. The molecule has 7 heteroatoms. The fourth-order valence-corrected chi connectivity index (χ4v) is 1.89. The highest BCUT2D eigenvalue weighted by Gasteiger charge is 2.42. The lowest BCUT2D eigenvalue weighted by atomic mass is 10.2. The summed E-state index contributed by atoms with van der Waals surface area (Å²) in [5.74, 6) is -1.27. The SMILES string of the molecule is O=P(O)(O)[C@H]1CC(O)[C@@H](CO)O1. The lowest BCUT2D eigenvalue weighted by Gasteiger charge is -2.12. The first kappa shape index (κ1) is 10.1. The standard InChI is InChI=1S/C5H11O6P/c6-2-4-3(7)1-5(11-4)12(8,9)10/h3-7H,1-2H2,(H2,8,9,10)/t3?,4-,5+/m1/s1. The van der Waals surface area contributed by atoms with E-state index in [-0.39, 0.29) is 6.42 Å². The van der Waals surface area contributed by atoms with Crippen LogP contribution in [0.3, 0.4) is 0 Å². The van der Waals surface area contributed by atoms with Gasteiger partial charge in [0.05, 0.1) is 12.7 Å². The molecule has 1 unspecified atom stereocenters. The molecule has 0 radical (unpaired) electrons. The van der Waals surface area contributed by atoms with Crippen LogP contribution < -0.4 is 0 Å². The van der Waals surface area contributed by atoms with Crippen LogP contribution in [0.2, 0.25) is 0 Å². The number of aliphatic hydroxyl groups excluding tert-OH is 2. The van der Waals surface area contributed by atoms with E-state index in [1.54, 1.807) is 0 Å². The highest BCUT2D eigenvalue weighted by molar-refractivity contribution is 7.52. The van der Waals surface area contributed by atoms with Gasteiger partial charge in [-0.15, -0.1) is 0 Å². The second-order valence-corrected chi connectivity index (χ2v) is 4.46. The van der Waals surface area contributed by atoms with Crippen molar-refractivity contribution in [2.24, 2.45) is 0 Å². The minimum absolute atomic E-state index is 0.129. The summed E-state index contributed by atoms with van der Waals surface area (Å²) in [6.45, 7) is -0.433. The van der Waals surface area contributed by atoms with Crippen LogP contribution in [0.4, 0.5) is 0 Å². The van der Waals surface area contributed by atoms with Gasteiger partial charge in [-0.3, -0.25) is 4.57 Å². The number of hydrogen-bond acceptors (Lipinski definition) is 4. The van der Waals surface area contributed by atoms with Crippen molar-refractivity contribution in [3.63, 3.8) is 0 Å². The van der Waals surface area contributed by atoms with Gasteiger partial charge in [0.1, 0.15) is 6.10 Å². The number of aliphatic hydroxyl groups is 2. The molecular formula is C5H11O6P. The number of ether oxygens (including phenoxy) is 1. The molecule has 1 fully saturated rings. The monoisotopic (exact) mass is 198 g/mol. The highest BCUT2D eigenvalue weighted by atomic mass is 31.2. The zero-order chi connectivity index (χ0) is 9.35. The average Bonchev–Trinajstić information content (AvgIpc) is 2.29. The van der Waals surface area contributed by atoms with Crippen LogP contribution in [0.5, 0.6) is 0 Å². The Morgan fingerprint density at radius 3 is 2.33 bits per heavy atom. The van der Waals surface area contributed by atoms with Gasteiger partial charge in [-0.05, 0) is 0 Å². The fraction of sp³-hybridized carbons (Fsp3) is 1.00. The molecule has 0 bridgehead atoms. The van der Waals surface area contributed by atoms with Crippen molar-refractivity contribution in [2.75, 3.05) is 6.61 Å². The van der Waals surface area contributed by atoms with E-state index in [0.29, 0.717) is 0 Å². The normalized spacial score (nSPS) is 37.2. The van der Waals surface area contributed by atoms with Crippen molar-refractivity contribution >= 4 is 7.60 Å². The molecule has 0 aromatic rings. The summed E-state index contributed by atoms with van der Waals surface area (Å²) in [5.41, 5.74) is 0. The molecule has 0 spiro atoms. The molecule has 12 heavy (non-hydrogen) atoms. The lowest BCUT2D eigenvalue weighted by Crippen LogP contribution is -2.24. The van der Waals surface area contributed by atoms with Gasteiger partial charge in [0, 0.05) is 6.42 Å². The van der Waals surface area contributed by atoms with Crippen LogP contribution in [0, 0.1) is 0 Å². The third kappa shape index (κ3) is 2.04. The number of hydrogen-bond donors (Lipinski definition) is 4. The van der Waals surface area contributed by atoms with Gasteiger partial charge in [-0.1, -0.05) is 0 Å². The van der Waals surface area contributed by atoms with Gasteiger partial charge in [0.15, 0.2) is 5.85 Å². The zero-order valence-corrected chi connectivity index (χ0v) is 7.09. The van der Waals surface area contributed by atoms with E-state index in [1.165, 1.54) is 0 Å². The van der Waals surface area contributed by atoms with Gasteiger partial charge in [0.2, 0.25) is 0 Å². The highest BCUT2D eigenvalue weighted by Crippen LogP contribution is 2.47. The third-order valence-electron chi connectivity index (χ3n) is 1.76. The van der Waals surface area contributed by atoms with Crippen LogP contribution in [0.25, 0.3) is 0 Å². The summed E-state index contributed by atoms with van der Waals surface area (Å²) in [6.07, 6.45) is -1.99. The minimum atomic E-state index is -4.29. The summed E-state index contributed by atoms with van der Waals surface area (Å²) >= 11 is 0. The molecule has 6 nitrogen and oxygen atoms in total. The van der Waals surface area contributed by atoms with Crippen LogP contribution >= 0.6 is 7.60 Å². The van der Waals surface area contributed by atoms with E-state index in [0.717, 1.165) is 0 Å². The van der Waals surface area contributed by atoms with E-state index in [9.17, 15) is 4.57 Å². The van der Waals surface area contributed by atoms with E-state index in [2.05, 4.69) is 0 Å². The fourth-order valence-electron chi connectivity index (χ4n) is 1.09. The summed E-state index contributed by atoms with van der Waals surface area (Å²) in [5, 5.41) is 17.7. The Kier molecular flexibility index (Phi) is 2.88. The second-order valence-electron chi connectivity index (χ2n) is 2.70. The van der Waals surface area contributed by atoms with Crippen molar-refractivity contribution in [1.29, 1.82) is 0 Å². The summed E-state index contributed by atoms with van der Waals surface area (Å²) in [7, 11) is -4.29. The van der Waals surface area contributed by atoms with Crippen molar-refractivity contribution in [1.82, 2.24) is 0 Å². The Morgan fingerprint density at radius 2 is 2.08 bits per heavy atom. The quantitative estimate of drug-likeness (QED) is 0.408. The Labute approximate surface area is 68.9 Å². The molecule has 0 aromatic heterocycles. The van der Waals surface area contributed by atoms with Gasteiger partial charge >= 0.3 is 7.60 Å². The lowest BCUT2D eigenvalue weighted by molar-refractivity contribution is -0.00857. The van der Waals surface area contributed by atoms with Gasteiger partial charge in [0.25, 0.3) is 0 Å². The first-order valence-corrected chi connectivity index (χ1v) is 5.13. The Hall–Kier alpha value is 0.0300. The predicted octanol–water partition coefficient (Wildman–Crippen LogP) is -1.37. The Bertz CT molecular complexity index is 200. The maximum Gasteiger partial charge on any atom is 0.354 e. The largest absolute Gasteiger partial charge is 0.394 e. The van der Waals surface area contributed by atoms with Crippen LogP contribution in [0.15, 0.2) is 0 Å². The maximum absolute atomic E-state index is 10.6. The molecule has 0 aromatic carbocycles. The average molecular weight is 198 g/mol. The molecule has 4 N–H and O–H groups in total. The minimum Gasteiger partial charge on any atom is -0.394 e. The Balaban J connectivity index is 2.60. The van der Waals surface area contributed by atoms with Crippen molar-refractivity contribution in [3.8, 4) is 0 Å². The molecule has 1 saturated heterocycles. The molecule has 1 aliphatic heterocycles. The topological polar surface area (TPSA) is 107 Å². The summed E-state index contributed by atoms with van der Waals surface area (Å²) < 4.78 is 15.3. The second kappa shape index (κ2) is 3.41. The van der Waals surface area contributed by atoms with Crippen LogP contribution in [-0.4, -0.2) is 44.7 Å². The summed E-state index contributed by atoms with van der Waals surface area (Å²) in [6, 6.07) is 0. The van der Waals surface area contributed by atoms with Crippen LogP contribution in [-0.2, 0) is 9.30 Å². The molecule has 72 valence electrons. The molecule has 1 aliphatic rings. The van der Waals surface area contributed by atoms with Crippen molar-refractivity contribution in [2.45, 2.75) is 24.5 Å². The first-order chi connectivity index (χ1) is 5.45. The molecule has 3 atom stereocenters. The number of rotatable bonds is 2. The molecule has 0 aliphatic carbocycles. The molecule has 0 saturated carbocycles. The van der Waals surface area contributed by atoms with Gasteiger partial charge in [-0.25, -0.2) is 0 Å². The van der Waals surface area contributed by atoms with Crippen molar-refractivity contribution in [3.05, 3.63) is 0 Å². The van der Waals surface area contributed by atoms with E-state index in [4.69, 9.17) is 24.7 Å². The van der Waals surface area contributed by atoms with E-state index < -0.39 is 32.3 Å². The first-order valence-electron chi connectivity index (χ1n) is 3.44. The molecule has 1 rings (SSSR count). The summed E-state index contributed by atoms with van der Waals surface area (Å²) in [4.78, 5) is 17.3. The predicted molar refractivity (Wildman–Crippen MR) is 38.4 cm³/mol. The van der Waals surface area contributed by atoms with E-state index >= 15 is 0 Å². The Morgan fingerprint density at radius 1 is 1.50 bits per heavy atom. The molecule has 1 heterocycles. The molecular weight excluding hydrogens is 187 g/mol. The van der Waals surface area contributed by atoms with Gasteiger partial charge in [-0.2, -0.15) is 0 Å². The van der Waals surface area contributed by atoms with E-state index in [1.807, 2.05) is 0 Å². The molecule has 0 amide bonds. The van der Waals surface area contributed by atoms with Crippen LogP contribution in [0.1, 0.15) is 6.42 Å². The smallest absolute Gasteiger partial charge is 0.354 e. The van der Waals surface area contributed by atoms with Crippen molar-refractivity contribution < 1.29 is 29.3 Å².